The van der Waals surface area contributed by atoms with Gasteiger partial charge in [-0.05, 0) is 19.3 Å². The van der Waals surface area contributed by atoms with Gasteiger partial charge in [0.2, 0.25) is 0 Å². The summed E-state index contributed by atoms with van der Waals surface area (Å²) in [5.41, 5.74) is 5.53. The first-order chi connectivity index (χ1) is 8.29. The molecule has 1 aliphatic rings. The molecular formula is C12H20N4O. The molecule has 0 aliphatic carbocycles. The van der Waals surface area contributed by atoms with Crippen LogP contribution in [0, 0.1) is 0 Å². The predicted molar refractivity (Wildman–Crippen MR) is 67.9 cm³/mol. The third kappa shape index (κ3) is 3.30. The molecule has 0 spiro atoms. The van der Waals surface area contributed by atoms with Crippen molar-refractivity contribution >= 4 is 11.6 Å². The number of rotatable bonds is 4. The van der Waals surface area contributed by atoms with Crippen LogP contribution in [-0.2, 0) is 4.74 Å². The highest BCUT2D eigenvalue weighted by molar-refractivity contribution is 5.39. The number of aromatic nitrogens is 2. The van der Waals surface area contributed by atoms with E-state index in [4.69, 9.17) is 10.5 Å². The van der Waals surface area contributed by atoms with Crippen LogP contribution < -0.4 is 10.6 Å². The van der Waals surface area contributed by atoms with Gasteiger partial charge in [-0.2, -0.15) is 0 Å². The molecule has 1 atom stereocenters. The van der Waals surface area contributed by atoms with Crippen LogP contribution in [0.5, 0.6) is 0 Å². The maximum Gasteiger partial charge on any atom is 0.147 e. The lowest BCUT2D eigenvalue weighted by molar-refractivity contribution is 0.0439. The Morgan fingerprint density at radius 1 is 1.47 bits per heavy atom. The molecule has 1 aliphatic heterocycles. The van der Waals surface area contributed by atoms with Gasteiger partial charge >= 0.3 is 0 Å². The summed E-state index contributed by atoms with van der Waals surface area (Å²) < 4.78 is 5.79. The Bertz CT molecular complexity index is 341. The predicted octanol–water partition coefficient (Wildman–Crippen LogP) is 1.45. The van der Waals surface area contributed by atoms with E-state index in [1.54, 1.807) is 12.4 Å². The molecule has 0 amide bonds. The van der Waals surface area contributed by atoms with Crippen LogP contribution >= 0.6 is 0 Å². The highest BCUT2D eigenvalue weighted by Crippen LogP contribution is 2.19. The normalized spacial score (nSPS) is 20.5. The standard InChI is InChI=1S/C12H20N4O/c1-2-6-17-10-4-3-5-16(9-10)12-8-14-11(13)7-15-12/h7-8,10H,2-6,9H2,1H3,(H2,13,14). The largest absolute Gasteiger partial charge is 0.382 e. The number of nitrogens with zero attached hydrogens (tertiary/aromatic N) is 3. The lowest BCUT2D eigenvalue weighted by Gasteiger charge is -2.33. The fraction of sp³-hybridized carbons (Fsp3) is 0.667. The number of anilines is 2. The lowest BCUT2D eigenvalue weighted by atomic mass is 10.1. The molecule has 94 valence electrons. The van der Waals surface area contributed by atoms with Crippen LogP contribution in [0.2, 0.25) is 0 Å². The molecule has 2 rings (SSSR count). The topological polar surface area (TPSA) is 64.3 Å². The SMILES string of the molecule is CCCOC1CCCN(c2cnc(N)cn2)C1. The van der Waals surface area contributed by atoms with Crippen LogP contribution in [0.15, 0.2) is 12.4 Å². The maximum absolute atomic E-state index is 5.79. The van der Waals surface area contributed by atoms with Crippen molar-refractivity contribution in [1.29, 1.82) is 0 Å². The van der Waals surface area contributed by atoms with Gasteiger partial charge in [0.05, 0.1) is 18.5 Å². The molecule has 17 heavy (non-hydrogen) atoms. The fourth-order valence-corrected chi connectivity index (χ4v) is 2.06. The van der Waals surface area contributed by atoms with E-state index in [1.165, 1.54) is 0 Å². The molecule has 1 aromatic rings. The average Bonchev–Trinajstić information content (AvgIpc) is 2.37. The Kier molecular flexibility index (Phi) is 4.14. The summed E-state index contributed by atoms with van der Waals surface area (Å²) in [4.78, 5) is 10.6. The van der Waals surface area contributed by atoms with Crippen LogP contribution in [0.3, 0.4) is 0 Å². The van der Waals surface area contributed by atoms with Crippen molar-refractivity contribution in [2.75, 3.05) is 30.3 Å². The summed E-state index contributed by atoms with van der Waals surface area (Å²) in [6, 6.07) is 0. The summed E-state index contributed by atoms with van der Waals surface area (Å²) in [6.45, 7) is 4.89. The van der Waals surface area contributed by atoms with Crippen molar-refractivity contribution in [3.63, 3.8) is 0 Å². The van der Waals surface area contributed by atoms with Gasteiger partial charge in [-0.25, -0.2) is 9.97 Å². The number of ether oxygens (including phenoxy) is 1. The number of hydrogen-bond acceptors (Lipinski definition) is 5. The summed E-state index contributed by atoms with van der Waals surface area (Å²) in [7, 11) is 0. The molecule has 0 bridgehead atoms. The Morgan fingerprint density at radius 2 is 2.35 bits per heavy atom. The van der Waals surface area contributed by atoms with E-state index in [0.717, 1.165) is 44.8 Å². The van der Waals surface area contributed by atoms with Crippen LogP contribution in [0.1, 0.15) is 26.2 Å². The lowest BCUT2D eigenvalue weighted by Crippen LogP contribution is -2.40. The minimum Gasteiger partial charge on any atom is -0.382 e. The van der Waals surface area contributed by atoms with Crippen molar-refractivity contribution in [3.05, 3.63) is 12.4 Å². The third-order valence-corrected chi connectivity index (χ3v) is 2.92. The van der Waals surface area contributed by atoms with Crippen molar-refractivity contribution in [2.24, 2.45) is 0 Å². The second-order valence-electron chi connectivity index (χ2n) is 4.38. The fourth-order valence-electron chi connectivity index (χ4n) is 2.06. The number of nitrogen functional groups attached to an aromatic ring is 1. The van der Waals surface area contributed by atoms with Crippen molar-refractivity contribution < 1.29 is 4.74 Å². The van der Waals surface area contributed by atoms with Crippen LogP contribution in [-0.4, -0.2) is 35.8 Å². The zero-order chi connectivity index (χ0) is 12.1. The first-order valence-corrected chi connectivity index (χ1v) is 6.23. The van der Waals surface area contributed by atoms with E-state index >= 15 is 0 Å². The Balaban J connectivity index is 1.94. The summed E-state index contributed by atoms with van der Waals surface area (Å²) >= 11 is 0. The quantitative estimate of drug-likeness (QED) is 0.857. The Labute approximate surface area is 102 Å². The zero-order valence-corrected chi connectivity index (χ0v) is 10.3. The van der Waals surface area contributed by atoms with E-state index in [-0.39, 0.29) is 0 Å². The van der Waals surface area contributed by atoms with E-state index in [2.05, 4.69) is 21.8 Å². The number of hydrogen-bond donors (Lipinski definition) is 1. The average molecular weight is 236 g/mol. The van der Waals surface area contributed by atoms with Crippen molar-refractivity contribution in [2.45, 2.75) is 32.3 Å². The molecule has 1 unspecified atom stereocenters. The summed E-state index contributed by atoms with van der Waals surface area (Å²) in [5.74, 6) is 1.36. The van der Waals surface area contributed by atoms with Gasteiger partial charge < -0.3 is 15.4 Å². The highest BCUT2D eigenvalue weighted by Gasteiger charge is 2.21. The maximum atomic E-state index is 5.79. The van der Waals surface area contributed by atoms with Crippen molar-refractivity contribution in [1.82, 2.24) is 9.97 Å². The van der Waals surface area contributed by atoms with Gasteiger partial charge in [0.15, 0.2) is 0 Å². The van der Waals surface area contributed by atoms with E-state index in [0.29, 0.717) is 11.9 Å². The zero-order valence-electron chi connectivity index (χ0n) is 10.3. The first-order valence-electron chi connectivity index (χ1n) is 6.23. The third-order valence-electron chi connectivity index (χ3n) is 2.92. The monoisotopic (exact) mass is 236 g/mol. The minimum atomic E-state index is 0.322. The second-order valence-corrected chi connectivity index (χ2v) is 4.38. The van der Waals surface area contributed by atoms with Crippen LogP contribution in [0.4, 0.5) is 11.6 Å². The molecular weight excluding hydrogens is 216 g/mol. The van der Waals surface area contributed by atoms with Gasteiger partial charge in [-0.15, -0.1) is 0 Å². The molecule has 1 saturated heterocycles. The molecule has 0 aromatic carbocycles. The molecule has 2 heterocycles. The smallest absolute Gasteiger partial charge is 0.147 e. The summed E-state index contributed by atoms with van der Waals surface area (Å²) in [6.07, 6.45) is 7.00. The van der Waals surface area contributed by atoms with E-state index < -0.39 is 0 Å². The van der Waals surface area contributed by atoms with Gasteiger partial charge in [0.1, 0.15) is 11.6 Å². The first kappa shape index (κ1) is 12.1. The Morgan fingerprint density at radius 3 is 3.06 bits per heavy atom. The minimum absolute atomic E-state index is 0.322. The van der Waals surface area contributed by atoms with Gasteiger partial charge in [0.25, 0.3) is 0 Å². The van der Waals surface area contributed by atoms with Crippen LogP contribution in [0.25, 0.3) is 0 Å². The molecule has 1 aromatic heterocycles. The van der Waals surface area contributed by atoms with E-state index in [9.17, 15) is 0 Å². The summed E-state index contributed by atoms with van der Waals surface area (Å²) in [5, 5.41) is 0. The number of nitrogens with two attached hydrogens (primary N) is 1. The second kappa shape index (κ2) is 5.82. The van der Waals surface area contributed by atoms with Crippen molar-refractivity contribution in [3.8, 4) is 0 Å². The molecule has 1 fully saturated rings. The van der Waals surface area contributed by atoms with Gasteiger partial charge in [0, 0.05) is 19.7 Å². The molecule has 5 heteroatoms. The van der Waals surface area contributed by atoms with E-state index in [1.807, 2.05) is 0 Å². The van der Waals surface area contributed by atoms with Gasteiger partial charge in [-0.3, -0.25) is 0 Å². The Hall–Kier alpha value is -1.36. The molecule has 2 N–H and O–H groups in total. The number of piperidine rings is 1. The molecule has 5 nitrogen and oxygen atoms in total. The highest BCUT2D eigenvalue weighted by atomic mass is 16.5. The molecule has 0 radical (unpaired) electrons. The van der Waals surface area contributed by atoms with Gasteiger partial charge in [-0.1, -0.05) is 6.92 Å². The molecule has 0 saturated carbocycles.